The maximum atomic E-state index is 14.8. The molecule has 2 aromatic carbocycles. The molecule has 0 atom stereocenters. The Morgan fingerprint density at radius 2 is 0.909 bits per heavy atom. The minimum Gasteiger partial charge on any atom is -0.457 e. The molecule has 3 rings (SSSR count). The number of carbonyl (C=O) groups excluding carboxylic acids is 2. The highest BCUT2D eigenvalue weighted by atomic mass is 19.3. The Bertz CT molecular complexity index is 1110. The van der Waals surface area contributed by atoms with Crippen molar-refractivity contribution in [2.45, 2.75) is 105 Å². The summed E-state index contributed by atoms with van der Waals surface area (Å²) in [5.74, 6) is -1.15. The van der Waals surface area contributed by atoms with Crippen molar-refractivity contribution in [3.63, 3.8) is 0 Å². The first-order valence-corrected chi connectivity index (χ1v) is 14.7. The van der Waals surface area contributed by atoms with Crippen molar-refractivity contribution >= 4 is 11.9 Å². The summed E-state index contributed by atoms with van der Waals surface area (Å²) >= 11 is 0. The Balaban J connectivity index is 0.00000232. The maximum Gasteiger partial charge on any atom is 0.383 e. The van der Waals surface area contributed by atoms with Crippen LogP contribution in [0.1, 0.15) is 89.5 Å². The smallest absolute Gasteiger partial charge is 0.383 e. The lowest BCUT2D eigenvalue weighted by atomic mass is 9.94. The van der Waals surface area contributed by atoms with Crippen molar-refractivity contribution in [2.75, 3.05) is 0 Å². The van der Waals surface area contributed by atoms with Crippen LogP contribution in [0.2, 0.25) is 0 Å². The molecule has 2 aromatic rings. The molecule has 244 valence electrons. The van der Waals surface area contributed by atoms with E-state index in [1.165, 1.54) is 62.4 Å². The van der Waals surface area contributed by atoms with Gasteiger partial charge in [-0.05, 0) is 74.9 Å². The fourth-order valence-corrected chi connectivity index (χ4v) is 3.96. The topological polar surface area (TPSA) is 71.1 Å². The van der Waals surface area contributed by atoms with Crippen molar-refractivity contribution in [1.82, 2.24) is 0 Å². The number of carbonyl (C=O) groups is 2. The molecule has 0 spiro atoms. The first-order chi connectivity index (χ1) is 20.8. The van der Waals surface area contributed by atoms with Crippen LogP contribution < -0.4 is 0 Å². The minimum atomic E-state index is -3.59. The molecule has 6 nitrogen and oxygen atoms in total. The van der Waals surface area contributed by atoms with Gasteiger partial charge in [-0.25, -0.2) is 9.59 Å². The molecule has 1 fully saturated rings. The second-order valence-electron chi connectivity index (χ2n) is 9.77. The van der Waals surface area contributed by atoms with Gasteiger partial charge >= 0.3 is 24.2 Å². The standard InChI is InChI=1S/C30H32F4O6.2C2H6/c1-19(2)27(35)37-17-21-5-9-23(10-6-21)29(31,32)39-25-13-15-26(16-14-25)40-30(33,34)24-11-7-22(8-12-24)18-38-28(36)20(3)4;2*1-2/h5-12,25-26H,1,3,13-18H2,2,4H3;2*1-2H3. The number of hydrogen-bond donors (Lipinski definition) is 0. The van der Waals surface area contributed by atoms with Gasteiger partial charge in [0.1, 0.15) is 13.2 Å². The summed E-state index contributed by atoms with van der Waals surface area (Å²) in [6, 6.07) is 10.4. The molecule has 0 aromatic heterocycles. The molecule has 44 heavy (non-hydrogen) atoms. The summed E-state index contributed by atoms with van der Waals surface area (Å²) in [4.78, 5) is 23.0. The second kappa shape index (κ2) is 18.3. The van der Waals surface area contributed by atoms with Crippen LogP contribution >= 0.6 is 0 Å². The van der Waals surface area contributed by atoms with Crippen LogP contribution in [0, 0.1) is 0 Å². The van der Waals surface area contributed by atoms with Gasteiger partial charge in [0.05, 0.1) is 23.3 Å². The van der Waals surface area contributed by atoms with Crippen LogP contribution in [0.3, 0.4) is 0 Å². The molecule has 0 bridgehead atoms. The van der Waals surface area contributed by atoms with Crippen LogP contribution in [0.25, 0.3) is 0 Å². The molecular formula is C34H44F4O6. The van der Waals surface area contributed by atoms with Crippen LogP contribution in [-0.4, -0.2) is 24.1 Å². The monoisotopic (exact) mass is 624 g/mol. The highest BCUT2D eigenvalue weighted by Crippen LogP contribution is 2.38. The number of rotatable bonds is 12. The Morgan fingerprint density at radius 1 is 0.636 bits per heavy atom. The molecule has 0 heterocycles. The van der Waals surface area contributed by atoms with E-state index in [9.17, 15) is 27.2 Å². The number of benzene rings is 2. The normalized spacial score (nSPS) is 16.3. The van der Waals surface area contributed by atoms with Crippen molar-refractivity contribution in [1.29, 1.82) is 0 Å². The predicted octanol–water partition coefficient (Wildman–Crippen LogP) is 9.12. The molecule has 0 aliphatic heterocycles. The van der Waals surface area contributed by atoms with E-state index in [-0.39, 0.29) is 61.2 Å². The van der Waals surface area contributed by atoms with Crippen LogP contribution in [0.15, 0.2) is 72.8 Å². The first kappa shape index (κ1) is 38.5. The van der Waals surface area contributed by atoms with Gasteiger partial charge in [0.2, 0.25) is 0 Å². The molecule has 0 saturated heterocycles. The number of halogens is 4. The van der Waals surface area contributed by atoms with Crippen LogP contribution in [-0.2, 0) is 54.0 Å². The van der Waals surface area contributed by atoms with E-state index in [2.05, 4.69) is 13.2 Å². The molecule has 1 aliphatic carbocycles. The van der Waals surface area contributed by atoms with Gasteiger partial charge in [0.15, 0.2) is 0 Å². The highest BCUT2D eigenvalue weighted by Gasteiger charge is 2.40. The van der Waals surface area contributed by atoms with E-state index in [1.54, 1.807) is 0 Å². The summed E-state index contributed by atoms with van der Waals surface area (Å²) in [6.07, 6.45) is -8.35. The van der Waals surface area contributed by atoms with E-state index in [4.69, 9.17) is 18.9 Å². The van der Waals surface area contributed by atoms with Gasteiger partial charge in [-0.1, -0.05) is 65.1 Å². The fourth-order valence-electron chi connectivity index (χ4n) is 3.96. The third kappa shape index (κ3) is 12.2. The average molecular weight is 625 g/mol. The molecule has 0 unspecified atom stereocenters. The minimum absolute atomic E-state index is 0.0813. The molecule has 1 saturated carbocycles. The SMILES string of the molecule is C=C(C)C(=O)OCc1ccc(C(F)(F)OC2CCC(OC(F)(F)c3ccc(COC(=O)C(=C)C)cc3)CC2)cc1.CC.CC. The van der Waals surface area contributed by atoms with Gasteiger partial charge in [-0.15, -0.1) is 0 Å². The van der Waals surface area contributed by atoms with Gasteiger partial charge in [-0.2, -0.15) is 17.6 Å². The Hall–Kier alpha value is -3.50. The summed E-state index contributed by atoms with van der Waals surface area (Å²) < 4.78 is 79.1. The molecule has 0 N–H and O–H groups in total. The molecule has 10 heteroatoms. The lowest BCUT2D eigenvalue weighted by Gasteiger charge is -2.33. The van der Waals surface area contributed by atoms with E-state index in [0.717, 1.165) is 0 Å². The zero-order valence-corrected chi connectivity index (χ0v) is 26.4. The molecule has 1 aliphatic rings. The van der Waals surface area contributed by atoms with Gasteiger partial charge in [-0.3, -0.25) is 0 Å². The molecule has 0 radical (unpaired) electrons. The summed E-state index contributed by atoms with van der Waals surface area (Å²) in [7, 11) is 0. The summed E-state index contributed by atoms with van der Waals surface area (Å²) in [5.41, 5.74) is 0.766. The lowest BCUT2D eigenvalue weighted by molar-refractivity contribution is -0.297. The summed E-state index contributed by atoms with van der Waals surface area (Å²) in [5, 5.41) is 0. The lowest BCUT2D eigenvalue weighted by Crippen LogP contribution is -2.34. The Morgan fingerprint density at radius 3 is 1.16 bits per heavy atom. The largest absolute Gasteiger partial charge is 0.457 e. The zero-order chi connectivity index (χ0) is 33.5. The Kier molecular flexibility index (Phi) is 16.1. The van der Waals surface area contributed by atoms with E-state index in [1.807, 2.05) is 27.7 Å². The quantitative estimate of drug-likeness (QED) is 0.133. The number of hydrogen-bond acceptors (Lipinski definition) is 6. The van der Waals surface area contributed by atoms with Gasteiger partial charge in [0, 0.05) is 11.1 Å². The first-order valence-electron chi connectivity index (χ1n) is 14.7. The van der Waals surface area contributed by atoms with Crippen LogP contribution in [0.4, 0.5) is 17.6 Å². The molecule has 0 amide bonds. The summed E-state index contributed by atoms with van der Waals surface area (Å²) in [6.45, 7) is 17.8. The van der Waals surface area contributed by atoms with Crippen molar-refractivity contribution in [2.24, 2.45) is 0 Å². The third-order valence-corrected chi connectivity index (χ3v) is 6.27. The van der Waals surface area contributed by atoms with Gasteiger partial charge < -0.3 is 18.9 Å². The fraction of sp³-hybridized carbons (Fsp3) is 0.471. The van der Waals surface area contributed by atoms with Crippen molar-refractivity contribution in [3.05, 3.63) is 95.1 Å². The maximum absolute atomic E-state index is 14.8. The van der Waals surface area contributed by atoms with E-state index in [0.29, 0.717) is 11.1 Å². The van der Waals surface area contributed by atoms with Crippen LogP contribution in [0.5, 0.6) is 0 Å². The Labute approximate surface area is 258 Å². The van der Waals surface area contributed by atoms with Gasteiger partial charge in [0.25, 0.3) is 0 Å². The zero-order valence-electron chi connectivity index (χ0n) is 26.4. The third-order valence-electron chi connectivity index (χ3n) is 6.27. The number of esters is 2. The second-order valence-corrected chi connectivity index (χ2v) is 9.77. The number of ether oxygens (including phenoxy) is 4. The van der Waals surface area contributed by atoms with E-state index >= 15 is 0 Å². The average Bonchev–Trinajstić information content (AvgIpc) is 3.01. The highest BCUT2D eigenvalue weighted by molar-refractivity contribution is 5.87. The van der Waals surface area contributed by atoms with Crippen molar-refractivity contribution < 1.29 is 46.1 Å². The van der Waals surface area contributed by atoms with E-state index < -0.39 is 36.4 Å². The van der Waals surface area contributed by atoms with Crippen molar-refractivity contribution in [3.8, 4) is 0 Å². The molecular weight excluding hydrogens is 580 g/mol. The number of alkyl halides is 4. The predicted molar refractivity (Wildman–Crippen MR) is 161 cm³/mol.